The molecule has 0 aromatic rings. The molecule has 0 aromatic carbocycles. The van der Waals surface area contributed by atoms with Gasteiger partial charge in [-0.2, -0.15) is 0 Å². The van der Waals surface area contributed by atoms with E-state index < -0.39 is 0 Å². The molecule has 0 rings (SSSR count). The summed E-state index contributed by atoms with van der Waals surface area (Å²) in [5, 5.41) is 0. The zero-order chi connectivity index (χ0) is 2.00. The van der Waals surface area contributed by atoms with Crippen LogP contribution in [0.2, 0.25) is 0 Å². The van der Waals surface area contributed by atoms with Crippen LogP contribution in [0.15, 0.2) is 0 Å². The van der Waals surface area contributed by atoms with E-state index in [1.807, 2.05) is 0 Å². The van der Waals surface area contributed by atoms with Gasteiger partial charge in [0.1, 0.15) is 0 Å². The van der Waals surface area contributed by atoms with Gasteiger partial charge in [-0.25, -0.2) is 0 Å². The van der Waals surface area contributed by atoms with Gasteiger partial charge in [0.05, 0.1) is 0 Å². The molecule has 0 aliphatic carbocycles. The average Bonchev–Trinajstić information content (AvgIpc) is 1.00. The van der Waals surface area contributed by atoms with Crippen molar-refractivity contribution in [1.82, 2.24) is 0 Å². The normalized spacial score (nSPS) is 1.50. The Balaban J connectivity index is -0.00000000500. The quantitative estimate of drug-likeness (QED) is 0.346. The predicted octanol–water partition coefficient (Wildman–Crippen LogP) is -1.77. The summed E-state index contributed by atoms with van der Waals surface area (Å²) < 4.78 is 8.38. The third-order valence-corrected chi connectivity index (χ3v) is 0. The van der Waals surface area contributed by atoms with Crippen LogP contribution in [0.3, 0.4) is 0 Å². The van der Waals surface area contributed by atoms with Crippen molar-refractivity contribution < 1.29 is 32.8 Å². The zero-order valence-electron chi connectivity index (χ0n) is 2.12. The van der Waals surface area contributed by atoms with Gasteiger partial charge in [0.15, 0.2) is 0 Å². The molecule has 0 amide bonds. The molecule has 24 valence electrons. The van der Waals surface area contributed by atoms with E-state index in [1.165, 1.54) is 0 Å². The first-order chi connectivity index (χ1) is 1.00. The van der Waals surface area contributed by atoms with Crippen LogP contribution in [0.5, 0.6) is 0 Å². The van der Waals surface area contributed by atoms with Crippen LogP contribution < -0.4 is 0 Å². The van der Waals surface area contributed by atoms with Gasteiger partial charge >= 0.3 is 21.8 Å². The molecular weight excluding hydrogens is 113 g/mol. The van der Waals surface area contributed by atoms with E-state index in [4.69, 9.17) is 3.57 Å². The molecule has 4 heavy (non-hydrogen) atoms. The van der Waals surface area contributed by atoms with Crippen LogP contribution in [-0.4, -0.2) is 11.0 Å². The SMILES string of the molecule is O.O.[O]=[Zn]. The fourth-order valence-electron chi connectivity index (χ4n) is 0. The Morgan fingerprint density at radius 2 is 1.00 bits per heavy atom. The molecule has 0 spiro atoms. The summed E-state index contributed by atoms with van der Waals surface area (Å²) in [4.78, 5) is 0. The van der Waals surface area contributed by atoms with Gasteiger partial charge in [0.2, 0.25) is 0 Å². The molecule has 0 bridgehead atoms. The summed E-state index contributed by atoms with van der Waals surface area (Å²) in [5.41, 5.74) is 0. The Morgan fingerprint density at radius 1 is 1.00 bits per heavy atom. The Morgan fingerprint density at radius 3 is 1.00 bits per heavy atom. The minimum atomic E-state index is 0. The van der Waals surface area contributed by atoms with Gasteiger partial charge in [-0.3, -0.25) is 0 Å². The second-order valence-corrected chi connectivity index (χ2v) is 0. The Hall–Kier alpha value is 0.343. The standard InChI is InChI=1S/2H2O.O.Zn/h2*1H2;;. The van der Waals surface area contributed by atoms with E-state index in [1.54, 1.807) is 0 Å². The van der Waals surface area contributed by atoms with Gasteiger partial charge in [-0.05, 0) is 0 Å². The van der Waals surface area contributed by atoms with Crippen molar-refractivity contribution >= 4 is 0 Å². The van der Waals surface area contributed by atoms with E-state index in [0.29, 0.717) is 0 Å². The molecule has 0 radical (unpaired) electrons. The molecular formula is H4O3Zn. The fraction of sp³-hybridized carbons (Fsp3) is 0. The van der Waals surface area contributed by atoms with Crippen LogP contribution in [-0.2, 0) is 21.8 Å². The summed E-state index contributed by atoms with van der Waals surface area (Å²) >= 11 is 0.125. The summed E-state index contributed by atoms with van der Waals surface area (Å²) in [7, 11) is 0. The molecule has 0 saturated carbocycles. The summed E-state index contributed by atoms with van der Waals surface area (Å²) in [5.74, 6) is 0. The van der Waals surface area contributed by atoms with Gasteiger partial charge < -0.3 is 11.0 Å². The first kappa shape index (κ1) is 26.9. The van der Waals surface area contributed by atoms with Crippen molar-refractivity contribution in [3.8, 4) is 0 Å². The topological polar surface area (TPSA) is 80.1 Å². The fourth-order valence-corrected chi connectivity index (χ4v) is 0. The number of hydrogen-bond acceptors (Lipinski definition) is 1. The van der Waals surface area contributed by atoms with Crippen molar-refractivity contribution in [2.75, 3.05) is 0 Å². The first-order valence-electron chi connectivity index (χ1n) is 0.289. The van der Waals surface area contributed by atoms with Crippen LogP contribution in [0.25, 0.3) is 0 Å². The molecule has 0 heterocycles. The molecule has 0 aliphatic rings. The second kappa shape index (κ2) is 156. The molecule has 0 aliphatic heterocycles. The van der Waals surface area contributed by atoms with Crippen molar-refractivity contribution in [3.63, 3.8) is 0 Å². The van der Waals surface area contributed by atoms with Gasteiger partial charge in [-0.1, -0.05) is 0 Å². The van der Waals surface area contributed by atoms with Crippen molar-refractivity contribution in [1.29, 1.82) is 0 Å². The van der Waals surface area contributed by atoms with E-state index in [9.17, 15) is 0 Å². The van der Waals surface area contributed by atoms with E-state index in [-0.39, 0.29) is 29.2 Å². The van der Waals surface area contributed by atoms with E-state index >= 15 is 0 Å². The van der Waals surface area contributed by atoms with E-state index in [0.717, 1.165) is 0 Å². The average molecular weight is 117 g/mol. The van der Waals surface area contributed by atoms with Crippen LogP contribution in [0.4, 0.5) is 0 Å². The molecule has 0 aromatic heterocycles. The van der Waals surface area contributed by atoms with Crippen molar-refractivity contribution in [2.45, 2.75) is 0 Å². The van der Waals surface area contributed by atoms with Gasteiger partial charge in [0, 0.05) is 0 Å². The minimum absolute atomic E-state index is 0. The molecule has 0 saturated heterocycles. The van der Waals surface area contributed by atoms with Gasteiger partial charge in [-0.15, -0.1) is 0 Å². The zero-order valence-corrected chi connectivity index (χ0v) is 5.08. The predicted molar refractivity (Wildman–Crippen MR) is 7.91 cm³/mol. The van der Waals surface area contributed by atoms with Crippen molar-refractivity contribution in [3.05, 3.63) is 0 Å². The molecule has 0 unspecified atom stereocenters. The number of rotatable bonds is 0. The summed E-state index contributed by atoms with van der Waals surface area (Å²) in [6.07, 6.45) is 0. The maximum atomic E-state index is 8.38. The summed E-state index contributed by atoms with van der Waals surface area (Å²) in [6, 6.07) is 0. The van der Waals surface area contributed by atoms with Crippen LogP contribution in [0.1, 0.15) is 0 Å². The molecule has 0 fully saturated rings. The van der Waals surface area contributed by atoms with Crippen LogP contribution in [0, 0.1) is 0 Å². The molecule has 0 atom stereocenters. The Kier molecular flexibility index (Phi) is 1050. The third-order valence-electron chi connectivity index (χ3n) is 0. The molecule has 4 heteroatoms. The van der Waals surface area contributed by atoms with Gasteiger partial charge in [0.25, 0.3) is 0 Å². The third kappa shape index (κ3) is 35.9. The second-order valence-electron chi connectivity index (χ2n) is 0. The monoisotopic (exact) mass is 116 g/mol. The Labute approximate surface area is 33.6 Å². The molecule has 3 nitrogen and oxygen atoms in total. The number of hydrogen-bond donors (Lipinski definition) is 0. The Bertz CT molecular complexity index is 3.25. The van der Waals surface area contributed by atoms with E-state index in [2.05, 4.69) is 0 Å². The maximum absolute atomic E-state index is 8.38. The van der Waals surface area contributed by atoms with Crippen molar-refractivity contribution in [2.24, 2.45) is 0 Å². The summed E-state index contributed by atoms with van der Waals surface area (Å²) in [6.45, 7) is 0. The first-order valence-corrected chi connectivity index (χ1v) is 1.50. The molecule has 4 N–H and O–H groups in total. The van der Waals surface area contributed by atoms with Crippen LogP contribution >= 0.6 is 0 Å².